The topological polar surface area (TPSA) is 49.8 Å². The molecule has 1 aromatic carbocycles. The first kappa shape index (κ1) is 15.9. The summed E-state index contributed by atoms with van der Waals surface area (Å²) in [5.41, 5.74) is 1.68. The Labute approximate surface area is 136 Å². The monoisotopic (exact) mass is 314 g/mol. The van der Waals surface area contributed by atoms with E-state index >= 15 is 0 Å². The number of anilines is 1. The third kappa shape index (κ3) is 4.05. The SMILES string of the molecule is CC(C)c1cc(NC2CCNCC2)nc(-c2cccc(F)c2)n1. The third-order valence-corrected chi connectivity index (χ3v) is 4.11. The molecule has 0 spiro atoms. The first-order valence-electron chi connectivity index (χ1n) is 8.24. The normalized spacial score (nSPS) is 15.8. The van der Waals surface area contributed by atoms with Crippen LogP contribution in [0.15, 0.2) is 30.3 Å². The van der Waals surface area contributed by atoms with Gasteiger partial charge in [0.2, 0.25) is 0 Å². The maximum absolute atomic E-state index is 13.5. The minimum absolute atomic E-state index is 0.270. The van der Waals surface area contributed by atoms with E-state index in [1.165, 1.54) is 12.1 Å². The van der Waals surface area contributed by atoms with Crippen molar-refractivity contribution in [3.05, 3.63) is 41.8 Å². The smallest absolute Gasteiger partial charge is 0.161 e. The minimum Gasteiger partial charge on any atom is -0.367 e. The second-order valence-corrected chi connectivity index (χ2v) is 6.34. The molecule has 1 aromatic heterocycles. The molecule has 1 fully saturated rings. The van der Waals surface area contributed by atoms with Crippen LogP contribution < -0.4 is 10.6 Å². The molecular formula is C18H23FN4. The van der Waals surface area contributed by atoms with Crippen LogP contribution in [0.1, 0.15) is 38.3 Å². The van der Waals surface area contributed by atoms with Gasteiger partial charge in [0.05, 0.1) is 0 Å². The van der Waals surface area contributed by atoms with E-state index in [9.17, 15) is 4.39 Å². The van der Waals surface area contributed by atoms with Crippen LogP contribution in [0, 0.1) is 5.82 Å². The van der Waals surface area contributed by atoms with Gasteiger partial charge in [-0.25, -0.2) is 14.4 Å². The molecule has 2 heterocycles. The van der Waals surface area contributed by atoms with E-state index < -0.39 is 0 Å². The maximum atomic E-state index is 13.5. The summed E-state index contributed by atoms with van der Waals surface area (Å²) < 4.78 is 13.5. The van der Waals surface area contributed by atoms with Gasteiger partial charge in [0.1, 0.15) is 11.6 Å². The summed E-state index contributed by atoms with van der Waals surface area (Å²) in [5, 5.41) is 6.88. The molecule has 23 heavy (non-hydrogen) atoms. The highest BCUT2D eigenvalue weighted by Gasteiger charge is 2.15. The quantitative estimate of drug-likeness (QED) is 0.906. The van der Waals surface area contributed by atoms with Crippen LogP contribution in [0.25, 0.3) is 11.4 Å². The number of nitrogens with one attached hydrogen (secondary N) is 2. The zero-order valence-corrected chi connectivity index (χ0v) is 13.6. The van der Waals surface area contributed by atoms with Crippen molar-refractivity contribution >= 4 is 5.82 Å². The third-order valence-electron chi connectivity index (χ3n) is 4.11. The van der Waals surface area contributed by atoms with Crippen LogP contribution in [-0.4, -0.2) is 29.1 Å². The Kier molecular flexibility index (Phi) is 4.86. The first-order valence-corrected chi connectivity index (χ1v) is 8.24. The average Bonchev–Trinajstić information content (AvgIpc) is 2.55. The van der Waals surface area contributed by atoms with Crippen LogP contribution >= 0.6 is 0 Å². The van der Waals surface area contributed by atoms with Crippen molar-refractivity contribution in [2.45, 2.75) is 38.6 Å². The van der Waals surface area contributed by atoms with Crippen LogP contribution in [0.4, 0.5) is 10.2 Å². The van der Waals surface area contributed by atoms with E-state index in [2.05, 4.69) is 34.4 Å². The summed E-state index contributed by atoms with van der Waals surface area (Å²) in [4.78, 5) is 9.22. The Balaban J connectivity index is 1.92. The van der Waals surface area contributed by atoms with Gasteiger partial charge in [-0.05, 0) is 44.0 Å². The van der Waals surface area contributed by atoms with E-state index in [4.69, 9.17) is 0 Å². The Morgan fingerprint density at radius 3 is 2.65 bits per heavy atom. The highest BCUT2D eigenvalue weighted by atomic mass is 19.1. The Morgan fingerprint density at radius 2 is 1.96 bits per heavy atom. The highest BCUT2D eigenvalue weighted by Crippen LogP contribution is 2.23. The van der Waals surface area contributed by atoms with E-state index in [0.717, 1.165) is 37.4 Å². The fraction of sp³-hybridized carbons (Fsp3) is 0.444. The summed E-state index contributed by atoms with van der Waals surface area (Å²) >= 11 is 0. The van der Waals surface area contributed by atoms with E-state index in [0.29, 0.717) is 23.3 Å². The number of hydrogen-bond acceptors (Lipinski definition) is 4. The van der Waals surface area contributed by atoms with Gasteiger partial charge >= 0.3 is 0 Å². The van der Waals surface area contributed by atoms with Gasteiger partial charge in [-0.1, -0.05) is 26.0 Å². The molecule has 0 aliphatic carbocycles. The van der Waals surface area contributed by atoms with Gasteiger partial charge in [0.25, 0.3) is 0 Å². The van der Waals surface area contributed by atoms with Crippen LogP contribution in [0.3, 0.4) is 0 Å². The molecule has 0 saturated carbocycles. The number of hydrogen-bond donors (Lipinski definition) is 2. The molecular weight excluding hydrogens is 291 g/mol. The van der Waals surface area contributed by atoms with E-state index in [1.54, 1.807) is 6.07 Å². The van der Waals surface area contributed by atoms with Crippen LogP contribution in [-0.2, 0) is 0 Å². The minimum atomic E-state index is -0.270. The predicted octanol–water partition coefficient (Wildman–Crippen LogP) is 3.57. The zero-order chi connectivity index (χ0) is 16.2. The molecule has 0 radical (unpaired) electrons. The summed E-state index contributed by atoms with van der Waals surface area (Å²) in [5.74, 6) is 1.43. The second-order valence-electron chi connectivity index (χ2n) is 6.34. The summed E-state index contributed by atoms with van der Waals surface area (Å²) in [6.07, 6.45) is 2.16. The Hall–Kier alpha value is -2.01. The van der Waals surface area contributed by atoms with Gasteiger partial charge in [-0.3, -0.25) is 0 Å². The maximum Gasteiger partial charge on any atom is 0.161 e. The van der Waals surface area contributed by atoms with Gasteiger partial charge < -0.3 is 10.6 Å². The van der Waals surface area contributed by atoms with Crippen LogP contribution in [0.2, 0.25) is 0 Å². The largest absolute Gasteiger partial charge is 0.367 e. The highest BCUT2D eigenvalue weighted by molar-refractivity contribution is 5.58. The van der Waals surface area contributed by atoms with Crippen molar-refractivity contribution in [2.24, 2.45) is 0 Å². The molecule has 122 valence electrons. The molecule has 1 saturated heterocycles. The predicted molar refractivity (Wildman–Crippen MR) is 91.0 cm³/mol. The lowest BCUT2D eigenvalue weighted by atomic mass is 10.1. The van der Waals surface area contributed by atoms with Gasteiger partial charge in [-0.15, -0.1) is 0 Å². The average molecular weight is 314 g/mol. The number of halogens is 1. The number of aromatic nitrogens is 2. The molecule has 3 rings (SSSR count). The Bertz CT molecular complexity index is 666. The lowest BCUT2D eigenvalue weighted by molar-refractivity contribution is 0.478. The standard InChI is InChI=1S/C18H23FN4/c1-12(2)16-11-17(21-15-6-8-20-9-7-15)23-18(22-16)13-4-3-5-14(19)10-13/h3-5,10-12,15,20H,6-9H2,1-2H3,(H,21,22,23). The number of benzene rings is 1. The van der Waals surface area contributed by atoms with Crippen molar-refractivity contribution in [3.63, 3.8) is 0 Å². The molecule has 5 heteroatoms. The molecule has 2 N–H and O–H groups in total. The fourth-order valence-corrected chi connectivity index (χ4v) is 2.77. The molecule has 1 aliphatic heterocycles. The number of piperidine rings is 1. The lowest BCUT2D eigenvalue weighted by Gasteiger charge is -2.24. The molecule has 1 aliphatic rings. The van der Waals surface area contributed by atoms with Crippen LogP contribution in [0.5, 0.6) is 0 Å². The molecule has 0 amide bonds. The first-order chi connectivity index (χ1) is 11.1. The van der Waals surface area contributed by atoms with Gasteiger partial charge in [0.15, 0.2) is 5.82 Å². The van der Waals surface area contributed by atoms with Crippen molar-refractivity contribution < 1.29 is 4.39 Å². The summed E-state index contributed by atoms with van der Waals surface area (Å²) in [6.45, 7) is 6.26. The summed E-state index contributed by atoms with van der Waals surface area (Å²) in [6, 6.07) is 8.88. The Morgan fingerprint density at radius 1 is 1.17 bits per heavy atom. The van der Waals surface area contributed by atoms with Crippen molar-refractivity contribution in [1.82, 2.24) is 15.3 Å². The van der Waals surface area contributed by atoms with Gasteiger partial charge in [0, 0.05) is 23.4 Å². The summed E-state index contributed by atoms with van der Waals surface area (Å²) in [7, 11) is 0. The molecule has 2 aromatic rings. The fourth-order valence-electron chi connectivity index (χ4n) is 2.77. The van der Waals surface area contributed by atoms with Crippen molar-refractivity contribution in [2.75, 3.05) is 18.4 Å². The molecule has 0 bridgehead atoms. The van der Waals surface area contributed by atoms with E-state index in [-0.39, 0.29) is 5.82 Å². The molecule has 0 unspecified atom stereocenters. The number of rotatable bonds is 4. The second kappa shape index (κ2) is 7.04. The number of nitrogens with zero attached hydrogens (tertiary/aromatic N) is 2. The molecule has 0 atom stereocenters. The van der Waals surface area contributed by atoms with Crippen molar-refractivity contribution in [3.8, 4) is 11.4 Å². The van der Waals surface area contributed by atoms with Crippen molar-refractivity contribution in [1.29, 1.82) is 0 Å². The van der Waals surface area contributed by atoms with Gasteiger partial charge in [-0.2, -0.15) is 0 Å². The molecule has 4 nitrogen and oxygen atoms in total. The zero-order valence-electron chi connectivity index (χ0n) is 13.6. The lowest BCUT2D eigenvalue weighted by Crippen LogP contribution is -2.35. The van der Waals surface area contributed by atoms with E-state index in [1.807, 2.05) is 12.1 Å².